The first kappa shape index (κ1) is 17.5. The molecule has 0 unspecified atom stereocenters. The van der Waals surface area contributed by atoms with Crippen LogP contribution in [-0.2, 0) is 14.8 Å². The largest absolute Gasteiger partial charge is 0.426 e. The molecule has 2 aliphatic heterocycles. The van der Waals surface area contributed by atoms with Crippen molar-refractivity contribution in [3.63, 3.8) is 0 Å². The number of sulfonamides is 1. The van der Waals surface area contributed by atoms with Crippen LogP contribution in [0.2, 0.25) is 0 Å². The number of esters is 1. The van der Waals surface area contributed by atoms with Crippen molar-refractivity contribution in [3.05, 3.63) is 36.4 Å². The summed E-state index contributed by atoms with van der Waals surface area (Å²) in [6.07, 6.45) is 4.47. The van der Waals surface area contributed by atoms with Crippen molar-refractivity contribution in [2.45, 2.75) is 37.5 Å². The van der Waals surface area contributed by atoms with Gasteiger partial charge in [0, 0.05) is 31.5 Å². The summed E-state index contributed by atoms with van der Waals surface area (Å²) in [4.78, 5) is 11.7. The Bertz CT molecular complexity index is 931. The van der Waals surface area contributed by atoms with Crippen molar-refractivity contribution < 1.29 is 17.9 Å². The standard InChI is InChI=1S/C20H23NO4S/c1-14(22)25-20-11-18(10-17-4-2-3-5-19(17)20)26(23,24)21-12-15-6-7-16(13-21)9-8-15/h2-5,10-11,15-16H,6-9,12-13H2,1H3. The van der Waals surface area contributed by atoms with Crippen molar-refractivity contribution in [2.24, 2.45) is 11.8 Å². The molecule has 138 valence electrons. The minimum Gasteiger partial charge on any atom is -0.426 e. The van der Waals surface area contributed by atoms with E-state index in [2.05, 4.69) is 0 Å². The Morgan fingerprint density at radius 1 is 1.04 bits per heavy atom. The molecule has 2 saturated heterocycles. The second-order valence-electron chi connectivity index (χ2n) is 7.44. The molecule has 2 heterocycles. The molecule has 5 nitrogen and oxygen atoms in total. The van der Waals surface area contributed by atoms with E-state index < -0.39 is 16.0 Å². The Balaban J connectivity index is 1.78. The minimum absolute atomic E-state index is 0.203. The van der Waals surface area contributed by atoms with Crippen molar-refractivity contribution in [3.8, 4) is 5.75 Å². The molecule has 1 saturated carbocycles. The highest BCUT2D eigenvalue weighted by Crippen LogP contribution is 2.37. The molecule has 0 atom stereocenters. The number of carbonyl (C=O) groups is 1. The molecule has 5 rings (SSSR count). The van der Waals surface area contributed by atoms with E-state index in [1.807, 2.05) is 24.3 Å². The lowest BCUT2D eigenvalue weighted by atomic mass is 9.84. The van der Waals surface area contributed by atoms with E-state index in [0.717, 1.165) is 36.5 Å². The monoisotopic (exact) mass is 373 g/mol. The van der Waals surface area contributed by atoms with Gasteiger partial charge in [-0.2, -0.15) is 4.31 Å². The number of carbonyl (C=O) groups excluding carboxylic acids is 1. The highest BCUT2D eigenvalue weighted by Gasteiger charge is 2.36. The number of ether oxygens (including phenoxy) is 1. The lowest BCUT2D eigenvalue weighted by molar-refractivity contribution is -0.131. The Morgan fingerprint density at radius 3 is 2.27 bits per heavy atom. The predicted molar refractivity (Wildman–Crippen MR) is 99.5 cm³/mol. The lowest BCUT2D eigenvalue weighted by Crippen LogP contribution is -2.34. The van der Waals surface area contributed by atoms with Gasteiger partial charge in [0.1, 0.15) is 5.75 Å². The van der Waals surface area contributed by atoms with Crippen LogP contribution < -0.4 is 4.74 Å². The fraction of sp³-hybridized carbons (Fsp3) is 0.450. The van der Waals surface area contributed by atoms with E-state index in [0.29, 0.717) is 30.7 Å². The first-order valence-corrected chi connectivity index (χ1v) is 10.6. The van der Waals surface area contributed by atoms with Gasteiger partial charge in [-0.25, -0.2) is 8.42 Å². The second kappa shape index (κ2) is 6.67. The lowest BCUT2D eigenvalue weighted by Gasteiger charge is -2.22. The van der Waals surface area contributed by atoms with Crippen LogP contribution in [0, 0.1) is 11.8 Å². The summed E-state index contributed by atoms with van der Waals surface area (Å²) in [5.74, 6) is 0.748. The summed E-state index contributed by atoms with van der Waals surface area (Å²) in [7, 11) is -3.62. The van der Waals surface area contributed by atoms with Crippen LogP contribution in [-0.4, -0.2) is 31.8 Å². The molecule has 2 bridgehead atoms. The molecular weight excluding hydrogens is 350 g/mol. The fourth-order valence-corrected chi connectivity index (χ4v) is 5.87. The third-order valence-electron chi connectivity index (χ3n) is 5.58. The molecule has 0 aromatic heterocycles. The van der Waals surface area contributed by atoms with E-state index in [9.17, 15) is 13.2 Å². The summed E-state index contributed by atoms with van der Waals surface area (Å²) in [6.45, 7) is 2.51. The molecule has 0 amide bonds. The van der Waals surface area contributed by atoms with Crippen LogP contribution in [0.4, 0.5) is 0 Å². The zero-order valence-corrected chi connectivity index (χ0v) is 15.7. The number of hydrogen-bond acceptors (Lipinski definition) is 4. The van der Waals surface area contributed by atoms with Crippen LogP contribution in [0.25, 0.3) is 10.8 Å². The average Bonchev–Trinajstić information content (AvgIpc) is 2.95. The second-order valence-corrected chi connectivity index (χ2v) is 9.38. The molecular formula is C20H23NO4S. The molecule has 0 spiro atoms. The van der Waals surface area contributed by atoms with Crippen molar-refractivity contribution in [1.29, 1.82) is 0 Å². The first-order chi connectivity index (χ1) is 12.4. The van der Waals surface area contributed by atoms with E-state index >= 15 is 0 Å². The Labute approximate surface area is 154 Å². The Hall–Kier alpha value is -1.92. The maximum absolute atomic E-state index is 13.3. The van der Waals surface area contributed by atoms with Gasteiger partial charge in [-0.3, -0.25) is 4.79 Å². The molecule has 26 heavy (non-hydrogen) atoms. The molecule has 2 aromatic carbocycles. The molecule has 3 aliphatic rings. The van der Waals surface area contributed by atoms with E-state index in [4.69, 9.17) is 4.74 Å². The van der Waals surface area contributed by atoms with Crippen molar-refractivity contribution >= 4 is 26.8 Å². The van der Waals surface area contributed by atoms with Crippen molar-refractivity contribution in [2.75, 3.05) is 13.1 Å². The first-order valence-electron chi connectivity index (χ1n) is 9.15. The Morgan fingerprint density at radius 2 is 1.65 bits per heavy atom. The van der Waals surface area contributed by atoms with Crippen LogP contribution in [0.1, 0.15) is 32.6 Å². The van der Waals surface area contributed by atoms with Gasteiger partial charge >= 0.3 is 5.97 Å². The number of rotatable bonds is 3. The third kappa shape index (κ3) is 3.23. The smallest absolute Gasteiger partial charge is 0.308 e. The van der Waals surface area contributed by atoms with Crippen LogP contribution in [0.3, 0.4) is 0 Å². The molecule has 0 N–H and O–H groups in total. The number of fused-ring (bicyclic) bond motifs is 5. The van der Waals surface area contributed by atoms with Gasteiger partial charge < -0.3 is 4.74 Å². The SMILES string of the molecule is CC(=O)Oc1cc(S(=O)(=O)N2CC3CCC(CC3)C2)cc2ccccc12. The molecule has 1 aliphatic carbocycles. The van der Waals surface area contributed by atoms with Crippen LogP contribution in [0.5, 0.6) is 5.75 Å². The quantitative estimate of drug-likeness (QED) is 0.609. The predicted octanol–water partition coefficient (Wildman–Crippen LogP) is 3.58. The zero-order chi connectivity index (χ0) is 18.3. The highest BCUT2D eigenvalue weighted by atomic mass is 32.2. The third-order valence-corrected chi connectivity index (χ3v) is 7.39. The van der Waals surface area contributed by atoms with Crippen LogP contribution >= 0.6 is 0 Å². The van der Waals surface area contributed by atoms with Gasteiger partial charge in [-0.05, 0) is 49.0 Å². The summed E-state index contributed by atoms with van der Waals surface area (Å²) < 4.78 is 33.6. The Kier molecular flexibility index (Phi) is 4.49. The highest BCUT2D eigenvalue weighted by molar-refractivity contribution is 7.89. The maximum Gasteiger partial charge on any atom is 0.308 e. The molecule has 6 heteroatoms. The van der Waals surface area contributed by atoms with Gasteiger partial charge in [0.2, 0.25) is 10.0 Å². The summed E-state index contributed by atoms with van der Waals surface area (Å²) >= 11 is 0. The van der Waals surface area contributed by atoms with E-state index in [-0.39, 0.29) is 4.90 Å². The summed E-state index contributed by atoms with van der Waals surface area (Å²) in [6, 6.07) is 10.5. The number of nitrogens with zero attached hydrogens (tertiary/aromatic N) is 1. The molecule has 0 radical (unpaired) electrons. The summed E-state index contributed by atoms with van der Waals surface area (Å²) in [5.41, 5.74) is 0. The zero-order valence-electron chi connectivity index (χ0n) is 14.8. The average molecular weight is 373 g/mol. The van der Waals surface area contributed by atoms with Crippen LogP contribution in [0.15, 0.2) is 41.3 Å². The van der Waals surface area contributed by atoms with E-state index in [1.54, 1.807) is 10.4 Å². The van der Waals surface area contributed by atoms with Gasteiger partial charge in [0.05, 0.1) is 4.90 Å². The normalized spacial score (nSPS) is 23.7. The fourth-order valence-electron chi connectivity index (χ4n) is 4.23. The van der Waals surface area contributed by atoms with Gasteiger partial charge in [0.25, 0.3) is 0 Å². The maximum atomic E-state index is 13.3. The number of benzene rings is 2. The molecule has 3 fully saturated rings. The number of hydrogen-bond donors (Lipinski definition) is 0. The molecule has 2 aromatic rings. The van der Waals surface area contributed by atoms with Gasteiger partial charge in [0.15, 0.2) is 0 Å². The topological polar surface area (TPSA) is 63.7 Å². The van der Waals surface area contributed by atoms with Crippen molar-refractivity contribution in [1.82, 2.24) is 4.31 Å². The van der Waals surface area contributed by atoms with Gasteiger partial charge in [-0.15, -0.1) is 0 Å². The van der Waals surface area contributed by atoms with Gasteiger partial charge in [-0.1, -0.05) is 24.3 Å². The summed E-state index contributed by atoms with van der Waals surface area (Å²) in [5, 5.41) is 1.49. The van der Waals surface area contributed by atoms with E-state index in [1.165, 1.54) is 13.0 Å². The minimum atomic E-state index is -3.62.